The molecule has 1 heterocycles. The first-order chi connectivity index (χ1) is 9.79. The molecule has 1 aromatic carbocycles. The Balaban J connectivity index is 2.27. The summed E-state index contributed by atoms with van der Waals surface area (Å²) in [7, 11) is 1.76. The number of rotatable bonds is 4. The standard InChI is InChI=1S/C17H20N2O2/c1-10-6-11(2)17(12(3)7-10)16(21)8-15(20)14-9-19(5)18-13(14)4/h6-7,9H,8H2,1-5H3. The zero-order chi connectivity index (χ0) is 15.7. The first kappa shape index (κ1) is 15.2. The summed E-state index contributed by atoms with van der Waals surface area (Å²) in [4.78, 5) is 24.7. The summed E-state index contributed by atoms with van der Waals surface area (Å²) in [5.41, 5.74) is 4.81. The Labute approximate surface area is 124 Å². The van der Waals surface area contributed by atoms with Gasteiger partial charge in [0.1, 0.15) is 0 Å². The Hall–Kier alpha value is -2.23. The minimum Gasteiger partial charge on any atom is -0.294 e. The van der Waals surface area contributed by atoms with E-state index in [0.29, 0.717) is 16.8 Å². The molecular weight excluding hydrogens is 264 g/mol. The van der Waals surface area contributed by atoms with E-state index in [9.17, 15) is 9.59 Å². The van der Waals surface area contributed by atoms with Crippen molar-refractivity contribution in [3.05, 3.63) is 51.8 Å². The number of carbonyl (C=O) groups is 2. The smallest absolute Gasteiger partial charge is 0.174 e. The van der Waals surface area contributed by atoms with Gasteiger partial charge in [-0.15, -0.1) is 0 Å². The minimum atomic E-state index is -0.176. The zero-order valence-electron chi connectivity index (χ0n) is 13.2. The van der Waals surface area contributed by atoms with Crippen LogP contribution >= 0.6 is 0 Å². The number of Topliss-reactive ketones (excluding diaryl/α,β-unsaturated/α-hetero) is 2. The van der Waals surface area contributed by atoms with Crippen molar-refractivity contribution in [2.24, 2.45) is 7.05 Å². The van der Waals surface area contributed by atoms with E-state index < -0.39 is 0 Å². The van der Waals surface area contributed by atoms with Crippen molar-refractivity contribution in [3.63, 3.8) is 0 Å². The SMILES string of the molecule is Cc1cc(C)c(C(=O)CC(=O)c2cn(C)nc2C)c(C)c1. The highest BCUT2D eigenvalue weighted by molar-refractivity contribution is 6.14. The molecular formula is C17H20N2O2. The van der Waals surface area contributed by atoms with Crippen LogP contribution in [0.3, 0.4) is 0 Å². The van der Waals surface area contributed by atoms with Gasteiger partial charge in [-0.2, -0.15) is 5.10 Å². The molecule has 0 amide bonds. The molecule has 4 nitrogen and oxygen atoms in total. The Bertz CT molecular complexity index is 703. The third-order valence-corrected chi connectivity index (χ3v) is 3.59. The molecule has 0 aliphatic carbocycles. The molecule has 0 aliphatic heterocycles. The molecule has 0 saturated heterocycles. The number of nitrogens with zero attached hydrogens (tertiary/aromatic N) is 2. The van der Waals surface area contributed by atoms with Crippen LogP contribution in [0.15, 0.2) is 18.3 Å². The van der Waals surface area contributed by atoms with E-state index >= 15 is 0 Å². The second-order valence-electron chi connectivity index (χ2n) is 5.60. The summed E-state index contributed by atoms with van der Waals surface area (Å²) in [5.74, 6) is -0.303. The van der Waals surface area contributed by atoms with Crippen LogP contribution in [0.1, 0.15) is 49.5 Å². The average molecular weight is 284 g/mol. The summed E-state index contributed by atoms with van der Waals surface area (Å²) in [6.45, 7) is 7.60. The van der Waals surface area contributed by atoms with Crippen molar-refractivity contribution >= 4 is 11.6 Å². The number of benzene rings is 1. The lowest BCUT2D eigenvalue weighted by Crippen LogP contribution is -2.12. The van der Waals surface area contributed by atoms with E-state index in [1.54, 1.807) is 24.9 Å². The molecule has 4 heteroatoms. The summed E-state index contributed by atoms with van der Waals surface area (Å²) in [5, 5.41) is 4.14. The molecule has 0 N–H and O–H groups in total. The van der Waals surface area contributed by atoms with Gasteiger partial charge in [0, 0.05) is 18.8 Å². The van der Waals surface area contributed by atoms with Crippen LogP contribution in [0, 0.1) is 27.7 Å². The maximum Gasteiger partial charge on any atom is 0.174 e. The van der Waals surface area contributed by atoms with Crippen molar-refractivity contribution in [2.75, 3.05) is 0 Å². The minimum absolute atomic E-state index is 0.114. The van der Waals surface area contributed by atoms with Crippen molar-refractivity contribution in [3.8, 4) is 0 Å². The Morgan fingerprint density at radius 3 is 2.10 bits per heavy atom. The van der Waals surface area contributed by atoms with Gasteiger partial charge < -0.3 is 0 Å². The maximum atomic E-state index is 12.5. The molecule has 0 saturated carbocycles. The lowest BCUT2D eigenvalue weighted by molar-refractivity contribution is 0.0893. The van der Waals surface area contributed by atoms with E-state index in [-0.39, 0.29) is 18.0 Å². The summed E-state index contributed by atoms with van der Waals surface area (Å²) >= 11 is 0. The molecule has 0 bridgehead atoms. The fraction of sp³-hybridized carbons (Fsp3) is 0.353. The molecule has 0 spiro atoms. The third kappa shape index (κ3) is 3.10. The van der Waals surface area contributed by atoms with Gasteiger partial charge in [0.15, 0.2) is 11.6 Å². The second-order valence-corrected chi connectivity index (χ2v) is 5.60. The molecule has 1 aromatic heterocycles. The largest absolute Gasteiger partial charge is 0.294 e. The predicted molar refractivity (Wildman–Crippen MR) is 81.9 cm³/mol. The zero-order valence-corrected chi connectivity index (χ0v) is 13.2. The average Bonchev–Trinajstić information content (AvgIpc) is 2.66. The lowest BCUT2D eigenvalue weighted by atomic mass is 9.93. The molecule has 21 heavy (non-hydrogen) atoms. The van der Waals surface area contributed by atoms with Gasteiger partial charge in [-0.05, 0) is 38.8 Å². The van der Waals surface area contributed by atoms with Crippen LogP contribution in [0.2, 0.25) is 0 Å². The molecule has 110 valence electrons. The van der Waals surface area contributed by atoms with E-state index in [1.165, 1.54) is 0 Å². The van der Waals surface area contributed by atoms with E-state index in [2.05, 4.69) is 5.10 Å². The summed E-state index contributed by atoms with van der Waals surface area (Å²) in [6, 6.07) is 3.94. The van der Waals surface area contributed by atoms with Gasteiger partial charge in [0.25, 0.3) is 0 Å². The van der Waals surface area contributed by atoms with Crippen molar-refractivity contribution in [1.82, 2.24) is 9.78 Å². The van der Waals surface area contributed by atoms with Crippen LogP contribution in [0.25, 0.3) is 0 Å². The molecule has 0 aliphatic rings. The fourth-order valence-electron chi connectivity index (χ4n) is 2.82. The van der Waals surface area contributed by atoms with Gasteiger partial charge in [0.2, 0.25) is 0 Å². The number of aryl methyl sites for hydroxylation is 5. The highest BCUT2D eigenvalue weighted by Crippen LogP contribution is 2.19. The van der Waals surface area contributed by atoms with Crippen molar-refractivity contribution in [1.29, 1.82) is 0 Å². The number of carbonyl (C=O) groups excluding carboxylic acids is 2. The number of aromatic nitrogens is 2. The fourth-order valence-corrected chi connectivity index (χ4v) is 2.82. The normalized spacial score (nSPS) is 10.7. The molecule has 0 radical (unpaired) electrons. The number of hydrogen-bond acceptors (Lipinski definition) is 3. The summed E-state index contributed by atoms with van der Waals surface area (Å²) < 4.78 is 1.59. The number of hydrogen-bond donors (Lipinski definition) is 0. The predicted octanol–water partition coefficient (Wildman–Crippen LogP) is 3.11. The topological polar surface area (TPSA) is 52.0 Å². The van der Waals surface area contributed by atoms with Crippen LogP contribution in [0.4, 0.5) is 0 Å². The van der Waals surface area contributed by atoms with E-state index in [4.69, 9.17) is 0 Å². The van der Waals surface area contributed by atoms with Gasteiger partial charge in [0.05, 0.1) is 17.7 Å². The first-order valence-electron chi connectivity index (χ1n) is 6.94. The van der Waals surface area contributed by atoms with Gasteiger partial charge in [-0.25, -0.2) is 0 Å². The highest BCUT2D eigenvalue weighted by atomic mass is 16.1. The maximum absolute atomic E-state index is 12.5. The van der Waals surface area contributed by atoms with E-state index in [0.717, 1.165) is 16.7 Å². The quantitative estimate of drug-likeness (QED) is 0.640. The molecule has 0 fully saturated rings. The van der Waals surface area contributed by atoms with Crippen molar-refractivity contribution < 1.29 is 9.59 Å². The Kier molecular flexibility index (Phi) is 4.07. The van der Waals surface area contributed by atoms with Crippen molar-refractivity contribution in [2.45, 2.75) is 34.1 Å². The Morgan fingerprint density at radius 1 is 1.05 bits per heavy atom. The van der Waals surface area contributed by atoms with Crippen LogP contribution in [-0.2, 0) is 7.05 Å². The molecule has 2 aromatic rings. The molecule has 0 unspecified atom stereocenters. The van der Waals surface area contributed by atoms with Crippen LogP contribution < -0.4 is 0 Å². The Morgan fingerprint density at radius 2 is 1.62 bits per heavy atom. The van der Waals surface area contributed by atoms with E-state index in [1.807, 2.05) is 32.9 Å². The summed E-state index contributed by atoms with van der Waals surface area (Å²) in [6.07, 6.45) is 1.55. The third-order valence-electron chi connectivity index (χ3n) is 3.59. The van der Waals surface area contributed by atoms with Gasteiger partial charge in [-0.1, -0.05) is 17.7 Å². The molecule has 2 rings (SSSR count). The van der Waals surface area contributed by atoms with Gasteiger partial charge >= 0.3 is 0 Å². The number of ketones is 2. The first-order valence-corrected chi connectivity index (χ1v) is 6.94. The van der Waals surface area contributed by atoms with Crippen LogP contribution in [-0.4, -0.2) is 21.3 Å². The van der Waals surface area contributed by atoms with Gasteiger partial charge in [-0.3, -0.25) is 14.3 Å². The highest BCUT2D eigenvalue weighted by Gasteiger charge is 2.20. The lowest BCUT2D eigenvalue weighted by Gasteiger charge is -2.09. The van der Waals surface area contributed by atoms with Crippen LogP contribution in [0.5, 0.6) is 0 Å². The monoisotopic (exact) mass is 284 g/mol. The second kappa shape index (κ2) is 5.64. The molecule has 0 atom stereocenters.